The Hall–Kier alpha value is -8.05. The van der Waals surface area contributed by atoms with Gasteiger partial charge in [0, 0.05) is 17.5 Å². The summed E-state index contributed by atoms with van der Waals surface area (Å²) in [5.41, 5.74) is 36.8. The summed E-state index contributed by atoms with van der Waals surface area (Å²) in [5.74, 6) is 1.45. The number of anilines is 4. The number of carbonyl (C=O) groups excluding carboxylic acids is 1. The molecule has 12 N–H and O–H groups in total. The topological polar surface area (TPSA) is 223 Å². The summed E-state index contributed by atoms with van der Waals surface area (Å²) in [6, 6.07) is 43.8. The van der Waals surface area contributed by atoms with Gasteiger partial charge in [-0.1, -0.05) is 30.3 Å². The minimum Gasteiger partial charge on any atom is -0.508 e. The number of aldehydes is 1. The highest BCUT2D eigenvalue weighted by molar-refractivity contribution is 6.07. The van der Waals surface area contributed by atoms with Crippen LogP contribution in [0.3, 0.4) is 0 Å². The lowest BCUT2D eigenvalue weighted by Gasteiger charge is -2.07. The van der Waals surface area contributed by atoms with Gasteiger partial charge in [-0.2, -0.15) is 0 Å². The van der Waals surface area contributed by atoms with Crippen molar-refractivity contribution in [1.29, 1.82) is 0 Å². The molecule has 1 aliphatic rings. The monoisotopic (exact) mass is 753 g/mol. The van der Waals surface area contributed by atoms with E-state index >= 15 is 0 Å². The van der Waals surface area contributed by atoms with Crippen LogP contribution >= 0.6 is 0 Å². The Kier molecular flexibility index (Phi) is 10.5. The van der Waals surface area contributed by atoms with Crippen LogP contribution < -0.4 is 22.9 Å². The van der Waals surface area contributed by atoms with Crippen LogP contribution in [0.1, 0.15) is 21.5 Å². The number of hydrogen-bond donors (Lipinski definition) is 8. The highest BCUT2D eigenvalue weighted by atomic mass is 16.3. The molecule has 57 heavy (non-hydrogen) atoms. The van der Waals surface area contributed by atoms with Crippen molar-refractivity contribution in [2.24, 2.45) is 4.99 Å². The number of rotatable bonds is 5. The number of H-pyrrole nitrogens is 1. The van der Waals surface area contributed by atoms with Crippen molar-refractivity contribution < 1.29 is 20.1 Å². The third-order valence-electron chi connectivity index (χ3n) is 9.39. The summed E-state index contributed by atoms with van der Waals surface area (Å²) in [5, 5.41) is 27.8. The molecule has 282 valence electrons. The minimum atomic E-state index is 0.181. The highest BCUT2D eigenvalue weighted by Crippen LogP contribution is 2.35. The number of benzene rings is 7. The van der Waals surface area contributed by atoms with E-state index in [1.54, 1.807) is 48.5 Å². The highest BCUT2D eigenvalue weighted by Gasteiger charge is 2.17. The van der Waals surface area contributed by atoms with Crippen LogP contribution in [0.4, 0.5) is 28.4 Å². The Morgan fingerprint density at radius 3 is 1.54 bits per heavy atom. The lowest BCUT2D eigenvalue weighted by Crippen LogP contribution is -1.99. The smallest absolute Gasteiger partial charge is 0.150 e. The number of fused-ring (bicyclic) bond motifs is 2. The van der Waals surface area contributed by atoms with Gasteiger partial charge in [0.05, 0.1) is 45.2 Å². The molecule has 0 atom stereocenters. The molecule has 0 amide bonds. The number of aromatic nitrogens is 2. The van der Waals surface area contributed by atoms with E-state index in [1.165, 1.54) is 17.7 Å². The third-order valence-corrected chi connectivity index (χ3v) is 9.39. The molecular formula is C46H39N7O4. The van der Waals surface area contributed by atoms with Crippen molar-refractivity contribution in [3.63, 3.8) is 0 Å². The van der Waals surface area contributed by atoms with Gasteiger partial charge in [0.15, 0.2) is 0 Å². The molecule has 9 rings (SSSR count). The van der Waals surface area contributed by atoms with Crippen LogP contribution in [-0.2, 0) is 6.42 Å². The fourth-order valence-corrected chi connectivity index (χ4v) is 6.19. The molecule has 11 nitrogen and oxygen atoms in total. The molecule has 0 saturated heterocycles. The van der Waals surface area contributed by atoms with Gasteiger partial charge in [-0.15, -0.1) is 0 Å². The van der Waals surface area contributed by atoms with Gasteiger partial charge in [-0.3, -0.25) is 9.79 Å². The molecule has 0 unspecified atom stereocenters. The van der Waals surface area contributed by atoms with Gasteiger partial charge in [0.2, 0.25) is 0 Å². The average Bonchev–Trinajstić information content (AvgIpc) is 3.85. The minimum absolute atomic E-state index is 0.181. The van der Waals surface area contributed by atoms with E-state index in [9.17, 15) is 15.0 Å². The molecule has 0 aliphatic carbocycles. The average molecular weight is 754 g/mol. The number of hydrogen-bond acceptors (Lipinski definition) is 10. The van der Waals surface area contributed by atoms with Gasteiger partial charge >= 0.3 is 0 Å². The zero-order chi connectivity index (χ0) is 40.1. The van der Waals surface area contributed by atoms with E-state index in [0.717, 1.165) is 74.3 Å². The number of nitrogen functional groups attached to an aromatic ring is 4. The number of phenolic OH excluding ortho intramolecular Hbond substituents is 3. The molecule has 0 spiro atoms. The van der Waals surface area contributed by atoms with E-state index in [0.29, 0.717) is 28.3 Å². The Labute approximate surface area is 328 Å². The number of carbonyl (C=O) groups is 1. The van der Waals surface area contributed by atoms with Gasteiger partial charge in [-0.25, -0.2) is 4.98 Å². The van der Waals surface area contributed by atoms with Crippen LogP contribution in [-0.4, -0.2) is 37.3 Å². The molecule has 1 aromatic heterocycles. The second kappa shape index (κ2) is 16.1. The molecule has 0 saturated carbocycles. The predicted octanol–water partition coefficient (Wildman–Crippen LogP) is 8.87. The number of aromatic hydroxyl groups is 3. The number of aromatic amines is 1. The lowest BCUT2D eigenvalue weighted by atomic mass is 10.00. The second-order valence-electron chi connectivity index (χ2n) is 13.4. The quantitative estimate of drug-likeness (QED) is 0.0620. The number of imidazole rings is 1. The fourth-order valence-electron chi connectivity index (χ4n) is 6.19. The van der Waals surface area contributed by atoms with E-state index < -0.39 is 0 Å². The molecule has 0 radical (unpaired) electrons. The standard InChI is InChI=1S/C27H19N3O2.C12H14N4.C7H6O2/c31-21-8-3-16(4-9-21)24-15-20-2-1-18(13-25(20)28-24)19-7-12-23-26(14-19)30-27(29-23)17-5-10-22(32)11-6-17;13-9-3-1-7(5-11(9)15)8-2-4-10(14)12(16)6-8;8-5-6-1-3-7(9)4-2-6/h1-14,31-32H,15H2,(H,29,30);1-6H,13-16H2;1-5,9H. The van der Waals surface area contributed by atoms with E-state index in [1.807, 2.05) is 54.6 Å². The van der Waals surface area contributed by atoms with Crippen LogP contribution in [0.5, 0.6) is 17.2 Å². The van der Waals surface area contributed by atoms with Gasteiger partial charge in [-0.05, 0) is 149 Å². The van der Waals surface area contributed by atoms with E-state index in [2.05, 4.69) is 40.3 Å². The van der Waals surface area contributed by atoms with Crippen LogP contribution in [0.25, 0.3) is 44.7 Å². The summed E-state index contributed by atoms with van der Waals surface area (Å²) in [6.45, 7) is 0. The first-order chi connectivity index (χ1) is 27.5. The zero-order valence-electron chi connectivity index (χ0n) is 30.6. The molecular weight excluding hydrogens is 715 g/mol. The maximum absolute atomic E-state index is 10.0. The second-order valence-corrected chi connectivity index (χ2v) is 13.4. The Morgan fingerprint density at radius 1 is 0.509 bits per heavy atom. The van der Waals surface area contributed by atoms with Gasteiger partial charge < -0.3 is 43.2 Å². The lowest BCUT2D eigenvalue weighted by molar-refractivity contribution is 0.112. The number of nitrogens with one attached hydrogen (secondary N) is 1. The Morgan fingerprint density at radius 2 is 0.982 bits per heavy atom. The first kappa shape index (κ1) is 37.3. The van der Waals surface area contributed by atoms with Crippen LogP contribution in [0.15, 0.2) is 151 Å². The number of phenols is 3. The molecule has 2 heterocycles. The number of nitrogens with zero attached hydrogens (tertiary/aromatic N) is 2. The predicted molar refractivity (Wildman–Crippen MR) is 230 cm³/mol. The number of nitrogens with two attached hydrogens (primary N) is 4. The summed E-state index contributed by atoms with van der Waals surface area (Å²) in [4.78, 5) is 22.9. The maximum Gasteiger partial charge on any atom is 0.150 e. The Bertz CT molecular complexity index is 2690. The van der Waals surface area contributed by atoms with Gasteiger partial charge in [0.25, 0.3) is 0 Å². The first-order valence-corrected chi connectivity index (χ1v) is 17.9. The molecule has 11 heteroatoms. The molecule has 8 aromatic rings. The molecule has 7 aromatic carbocycles. The summed E-state index contributed by atoms with van der Waals surface area (Å²) in [7, 11) is 0. The normalized spacial score (nSPS) is 11.4. The summed E-state index contributed by atoms with van der Waals surface area (Å²) < 4.78 is 0. The van der Waals surface area contributed by atoms with E-state index in [-0.39, 0.29) is 17.2 Å². The first-order valence-electron chi connectivity index (χ1n) is 17.9. The zero-order valence-corrected chi connectivity index (χ0v) is 30.6. The van der Waals surface area contributed by atoms with Crippen molar-refractivity contribution in [1.82, 2.24) is 9.97 Å². The van der Waals surface area contributed by atoms with Crippen molar-refractivity contribution in [3.05, 3.63) is 162 Å². The van der Waals surface area contributed by atoms with Crippen molar-refractivity contribution in [3.8, 4) is 50.9 Å². The largest absolute Gasteiger partial charge is 0.508 e. The third kappa shape index (κ3) is 8.69. The van der Waals surface area contributed by atoms with E-state index in [4.69, 9.17) is 33.0 Å². The SMILES string of the molecule is Nc1ccc(-c2ccc(N)c(N)c2)cc1N.O=Cc1ccc(O)cc1.Oc1ccc(C2=Nc3cc(-c4ccc5nc(-c6ccc(O)cc6)[nH]c5c4)ccc3C2)cc1. The Balaban J connectivity index is 0.000000164. The molecule has 0 fully saturated rings. The summed E-state index contributed by atoms with van der Waals surface area (Å²) in [6.07, 6.45) is 1.52. The van der Waals surface area contributed by atoms with Gasteiger partial charge in [0.1, 0.15) is 29.4 Å². The van der Waals surface area contributed by atoms with Crippen LogP contribution in [0, 0.1) is 0 Å². The van der Waals surface area contributed by atoms with Crippen molar-refractivity contribution >= 4 is 51.5 Å². The summed E-state index contributed by atoms with van der Waals surface area (Å²) >= 11 is 0. The maximum atomic E-state index is 10.0. The fraction of sp³-hybridized carbons (Fsp3) is 0.0217. The van der Waals surface area contributed by atoms with Crippen LogP contribution in [0.2, 0.25) is 0 Å². The van der Waals surface area contributed by atoms with Crippen molar-refractivity contribution in [2.75, 3.05) is 22.9 Å². The molecule has 1 aliphatic heterocycles. The van der Waals surface area contributed by atoms with Crippen molar-refractivity contribution in [2.45, 2.75) is 6.42 Å². The number of aliphatic imine (C=N–C) groups is 1. The molecule has 0 bridgehead atoms.